The van der Waals surface area contributed by atoms with Gasteiger partial charge in [-0.05, 0) is 113 Å². The fourth-order valence-electron chi connectivity index (χ4n) is 9.22. The maximum atomic E-state index is 14.0. The molecule has 23 heteroatoms. The molecule has 8 aromatic rings. The van der Waals surface area contributed by atoms with Gasteiger partial charge in [0.15, 0.2) is 34.0 Å². The minimum Gasteiger partial charge on any atom is -0.475 e. The van der Waals surface area contributed by atoms with Gasteiger partial charge in [0.05, 0.1) is 32.0 Å². The lowest BCUT2D eigenvalue weighted by atomic mass is 9.89. The number of aromatic nitrogens is 10. The van der Waals surface area contributed by atoms with Crippen molar-refractivity contribution in [1.82, 2.24) is 64.1 Å². The molecule has 6 aromatic heterocycles. The number of imidazole rings is 2. The average Bonchev–Trinajstić information content (AvgIpc) is 3.93. The number of likely N-dealkylation sites (N-methyl/N-ethyl adjacent to an activating group) is 1. The average molecular weight is 1030 g/mol. The molecule has 0 spiro atoms. The number of carboxylic acid groups (broad SMARTS) is 1. The Kier molecular flexibility index (Phi) is 16.3. The molecule has 0 unspecified atom stereocenters. The first kappa shape index (κ1) is 53.2. The maximum Gasteiger partial charge on any atom is 0.490 e. The number of anilines is 2. The predicted molar refractivity (Wildman–Crippen MR) is 272 cm³/mol. The zero-order chi connectivity index (χ0) is 53.6. The number of likely N-dealkylation sites (tertiary alicyclic amines) is 1. The second-order valence-electron chi connectivity index (χ2n) is 18.7. The first-order chi connectivity index (χ1) is 35.8. The maximum absolute atomic E-state index is 14.0. The van der Waals surface area contributed by atoms with Crippen LogP contribution in [0.15, 0.2) is 85.5 Å². The molecule has 2 aromatic carbocycles. The number of hydrogen-bond donors (Lipinski definition) is 4. The predicted octanol–water partition coefficient (Wildman–Crippen LogP) is 7.30. The molecule has 0 bridgehead atoms. The van der Waals surface area contributed by atoms with E-state index in [1.807, 2.05) is 33.0 Å². The van der Waals surface area contributed by atoms with Crippen molar-refractivity contribution in [1.29, 1.82) is 0 Å². The Morgan fingerprint density at radius 2 is 1.08 bits per heavy atom. The molecule has 2 aliphatic rings. The molecule has 2 fully saturated rings. The van der Waals surface area contributed by atoms with E-state index in [-0.39, 0.29) is 11.7 Å². The Bertz CT molecular complexity index is 3300. The Morgan fingerprint density at radius 3 is 1.47 bits per heavy atom. The van der Waals surface area contributed by atoms with E-state index in [0.717, 1.165) is 69.2 Å². The highest BCUT2D eigenvalue weighted by Gasteiger charge is 2.38. The van der Waals surface area contributed by atoms with E-state index in [4.69, 9.17) is 21.4 Å². The van der Waals surface area contributed by atoms with Crippen molar-refractivity contribution in [2.24, 2.45) is 0 Å². The first-order valence-electron chi connectivity index (χ1n) is 24.1. The number of halogens is 5. The van der Waals surface area contributed by atoms with Crippen molar-refractivity contribution in [3.63, 3.8) is 0 Å². The van der Waals surface area contributed by atoms with Crippen LogP contribution in [0.25, 0.3) is 45.1 Å². The Morgan fingerprint density at radius 1 is 0.667 bits per heavy atom. The number of hydrogen-bond acceptors (Lipinski definition) is 14. The third-order valence-electron chi connectivity index (χ3n) is 12.9. The minimum absolute atomic E-state index is 0.190. The fourth-order valence-corrected chi connectivity index (χ4v) is 9.22. The highest BCUT2D eigenvalue weighted by atomic mass is 19.4. The quantitative estimate of drug-likeness (QED) is 0.0984. The van der Waals surface area contributed by atoms with Crippen molar-refractivity contribution in [3.8, 4) is 22.8 Å². The standard InChI is InChI=1S/C27H31FN8O.C23H24FN7.C2HF3O2/c1-17-31-25(29)24-27(32-17)36(26(33-24)21-12-22(28)14-30-13-21)15-18-4-6-19(7-5-18)20-8-10-35(11-9-20)23(37)16-34(2)3;1-14-28-21(25)20-23(29-14)31(22(30-20)18-10-19(24)12-27-11-18)13-15-2-4-16(5-3-15)17-6-8-26-9-7-17;3-2(4,5)1(6)7/h4-7,12-14,20H,8-11,15-16H2,1-3H3,(H2,29,31,32);2-5,10-12,17,26H,6-9,13H2,1H3,(H2,25,28,29);(H,6,7). The number of rotatable bonds is 10. The van der Waals surface area contributed by atoms with Crippen LogP contribution in [0.5, 0.6) is 0 Å². The summed E-state index contributed by atoms with van der Waals surface area (Å²) in [6, 6.07) is 20.1. The number of piperidine rings is 2. The van der Waals surface area contributed by atoms with Gasteiger partial charge in [-0.25, -0.2) is 43.5 Å². The van der Waals surface area contributed by atoms with Gasteiger partial charge in [0.25, 0.3) is 0 Å². The van der Waals surface area contributed by atoms with Crippen LogP contribution in [-0.4, -0.2) is 129 Å². The normalized spacial score (nSPS) is 14.4. The SMILES string of the molecule is Cc1nc(N)c2nc(-c3cncc(F)c3)n(Cc3ccc(C4CCN(C(=O)CN(C)C)CC4)cc3)c2n1.Cc1nc(N)c2nc(-c3cncc(F)c3)n(Cc3ccc(C4CCNCC4)cc3)c2n1.O=C(O)C(F)(F)F. The number of carbonyl (C=O) groups is 2. The van der Waals surface area contributed by atoms with Crippen LogP contribution in [0.2, 0.25) is 0 Å². The van der Waals surface area contributed by atoms with Crippen LogP contribution in [0.4, 0.5) is 33.6 Å². The molecule has 6 N–H and O–H groups in total. The number of alkyl halides is 3. The van der Waals surface area contributed by atoms with Gasteiger partial charge in [-0.1, -0.05) is 48.5 Å². The van der Waals surface area contributed by atoms with Crippen LogP contribution in [0, 0.1) is 25.5 Å². The van der Waals surface area contributed by atoms with Crippen molar-refractivity contribution in [2.45, 2.75) is 70.6 Å². The molecule has 2 aliphatic heterocycles. The zero-order valence-electron chi connectivity index (χ0n) is 41.7. The molecule has 392 valence electrons. The molecule has 1 amide bonds. The number of aryl methyl sites for hydroxylation is 2. The molecule has 0 aliphatic carbocycles. The highest BCUT2D eigenvalue weighted by Crippen LogP contribution is 2.32. The number of nitrogens with zero attached hydrogens (tertiary/aromatic N) is 12. The summed E-state index contributed by atoms with van der Waals surface area (Å²) in [6.45, 7) is 8.75. The smallest absolute Gasteiger partial charge is 0.475 e. The van der Waals surface area contributed by atoms with E-state index >= 15 is 0 Å². The summed E-state index contributed by atoms with van der Waals surface area (Å²) in [4.78, 5) is 60.1. The van der Waals surface area contributed by atoms with Gasteiger partial charge in [0, 0.05) is 36.6 Å². The summed E-state index contributed by atoms with van der Waals surface area (Å²) in [5.41, 5.74) is 20.4. The topological polar surface area (TPSA) is 238 Å². The summed E-state index contributed by atoms with van der Waals surface area (Å²) in [5, 5.41) is 10.5. The molecule has 10 rings (SSSR count). The Hall–Kier alpha value is -8.05. The Balaban J connectivity index is 0.000000179. The number of pyridine rings is 2. The third-order valence-corrected chi connectivity index (χ3v) is 12.9. The summed E-state index contributed by atoms with van der Waals surface area (Å²) in [5.74, 6) is 0.418. The van der Waals surface area contributed by atoms with Gasteiger partial charge in [-0.15, -0.1) is 0 Å². The van der Waals surface area contributed by atoms with Crippen molar-refractivity contribution in [2.75, 3.05) is 58.3 Å². The molecule has 0 radical (unpaired) electrons. The van der Waals surface area contributed by atoms with Crippen LogP contribution in [0.3, 0.4) is 0 Å². The van der Waals surface area contributed by atoms with Gasteiger partial charge < -0.3 is 40.8 Å². The highest BCUT2D eigenvalue weighted by molar-refractivity contribution is 5.86. The van der Waals surface area contributed by atoms with Gasteiger partial charge in [0.2, 0.25) is 5.91 Å². The lowest BCUT2D eigenvalue weighted by Crippen LogP contribution is -2.42. The van der Waals surface area contributed by atoms with E-state index < -0.39 is 23.8 Å². The number of aliphatic carboxylic acids is 1. The van der Waals surface area contributed by atoms with Gasteiger partial charge in [-0.3, -0.25) is 14.8 Å². The van der Waals surface area contributed by atoms with E-state index in [1.165, 1.54) is 29.5 Å². The van der Waals surface area contributed by atoms with Crippen LogP contribution < -0.4 is 16.8 Å². The Labute approximate surface area is 428 Å². The van der Waals surface area contributed by atoms with Gasteiger partial charge in [0.1, 0.15) is 34.9 Å². The van der Waals surface area contributed by atoms with E-state index in [9.17, 15) is 26.7 Å². The van der Waals surface area contributed by atoms with E-state index in [1.54, 1.807) is 26.2 Å². The summed E-state index contributed by atoms with van der Waals surface area (Å²) in [7, 11) is 3.83. The summed E-state index contributed by atoms with van der Waals surface area (Å²) in [6.07, 6.45) is 4.67. The zero-order valence-corrected chi connectivity index (χ0v) is 41.7. The summed E-state index contributed by atoms with van der Waals surface area (Å²) < 4.78 is 63.5. The number of carboxylic acids is 1. The summed E-state index contributed by atoms with van der Waals surface area (Å²) >= 11 is 0. The van der Waals surface area contributed by atoms with Crippen LogP contribution >= 0.6 is 0 Å². The molecule has 18 nitrogen and oxygen atoms in total. The van der Waals surface area contributed by atoms with Gasteiger partial charge in [-0.2, -0.15) is 13.2 Å². The van der Waals surface area contributed by atoms with Crippen LogP contribution in [-0.2, 0) is 22.7 Å². The number of amides is 1. The van der Waals surface area contributed by atoms with Crippen molar-refractivity contribution in [3.05, 3.63) is 131 Å². The number of benzene rings is 2. The second kappa shape index (κ2) is 23.0. The fraction of sp³-hybridized carbons (Fsp3) is 0.346. The molecular weight excluding hydrogens is 978 g/mol. The molecule has 2 saturated heterocycles. The number of nitrogens with one attached hydrogen (secondary N) is 1. The monoisotopic (exact) mass is 1030 g/mol. The number of nitrogen functional groups attached to an aromatic ring is 2. The lowest BCUT2D eigenvalue weighted by molar-refractivity contribution is -0.192. The first-order valence-corrected chi connectivity index (χ1v) is 24.1. The number of fused-ring (bicyclic) bond motifs is 2. The van der Waals surface area contributed by atoms with Gasteiger partial charge >= 0.3 is 12.1 Å². The second-order valence-corrected chi connectivity index (χ2v) is 18.7. The molecule has 0 saturated carbocycles. The molecule has 75 heavy (non-hydrogen) atoms. The largest absolute Gasteiger partial charge is 0.490 e. The van der Waals surface area contributed by atoms with E-state index in [0.29, 0.717) is 94.0 Å². The van der Waals surface area contributed by atoms with Crippen molar-refractivity contribution < 1.29 is 36.6 Å². The molecular formula is C52H56F5N15O3. The minimum atomic E-state index is -5.08. The molecule has 8 heterocycles. The third kappa shape index (κ3) is 13.0. The lowest BCUT2D eigenvalue weighted by Gasteiger charge is -2.33. The van der Waals surface area contributed by atoms with Crippen molar-refractivity contribution >= 4 is 45.8 Å². The van der Waals surface area contributed by atoms with Crippen LogP contribution in [0.1, 0.15) is 71.4 Å². The number of carbonyl (C=O) groups excluding carboxylic acids is 1. The molecule has 0 atom stereocenters. The number of nitrogens with two attached hydrogens (primary N) is 2. The van der Waals surface area contributed by atoms with E-state index in [2.05, 4.69) is 93.7 Å².